The van der Waals surface area contributed by atoms with Gasteiger partial charge in [-0.15, -0.1) is 0 Å². The van der Waals surface area contributed by atoms with Gasteiger partial charge in [-0.05, 0) is 38.5 Å². The van der Waals surface area contributed by atoms with Crippen LogP contribution in [0.15, 0.2) is 0 Å². The fourth-order valence-corrected chi connectivity index (χ4v) is 6.76. The number of ether oxygens (including phenoxy) is 5. The highest BCUT2D eigenvalue weighted by Crippen LogP contribution is 2.33. The van der Waals surface area contributed by atoms with Gasteiger partial charge < -0.3 is 90.1 Å². The Labute approximate surface area is 264 Å². The molecule has 4 aliphatic rings. The molecule has 4 saturated heterocycles. The molecule has 0 radical (unpaired) electrons. The summed E-state index contributed by atoms with van der Waals surface area (Å²) in [5.74, 6) is 0. The molecule has 0 unspecified atom stereocenters. The molecule has 46 heavy (non-hydrogen) atoms. The van der Waals surface area contributed by atoms with Crippen molar-refractivity contribution in [3.8, 4) is 0 Å². The highest BCUT2D eigenvalue weighted by molar-refractivity contribution is 4.98. The summed E-state index contributed by atoms with van der Waals surface area (Å²) in [4.78, 5) is 0. The van der Waals surface area contributed by atoms with Gasteiger partial charge in [0.05, 0.1) is 43.2 Å². The second kappa shape index (κ2) is 16.3. The summed E-state index contributed by atoms with van der Waals surface area (Å²) in [5, 5.41) is 134. The van der Waals surface area contributed by atoms with Crippen molar-refractivity contribution in [3.05, 3.63) is 0 Å². The Balaban J connectivity index is 1.33. The molecule has 13 N–H and O–H groups in total. The maximum absolute atomic E-state index is 10.6. The lowest BCUT2D eigenvalue weighted by Crippen LogP contribution is -2.60. The van der Waals surface area contributed by atoms with E-state index >= 15 is 0 Å². The summed E-state index contributed by atoms with van der Waals surface area (Å²) >= 11 is 0. The summed E-state index contributed by atoms with van der Waals surface area (Å²) in [7, 11) is 1.25. The summed E-state index contributed by atoms with van der Waals surface area (Å²) in [6.45, 7) is -0.615. The molecule has 0 aromatic rings. The molecule has 4 fully saturated rings. The maximum atomic E-state index is 10.6. The van der Waals surface area contributed by atoms with Crippen LogP contribution in [0.4, 0.5) is 0 Å². The number of hydrogen-bond acceptors (Lipinski definition) is 18. The second-order valence-electron chi connectivity index (χ2n) is 12.7. The third-order valence-electron chi connectivity index (χ3n) is 9.72. The Hall–Kier alpha value is -0.720. The van der Waals surface area contributed by atoms with Crippen LogP contribution in [0.25, 0.3) is 0 Å². The van der Waals surface area contributed by atoms with Gasteiger partial charge in [0.2, 0.25) is 0 Å². The molecule has 270 valence electrons. The van der Waals surface area contributed by atoms with Crippen molar-refractivity contribution in [2.45, 2.75) is 161 Å². The first-order valence-corrected chi connectivity index (χ1v) is 15.6. The van der Waals surface area contributed by atoms with E-state index < -0.39 is 129 Å². The number of methoxy groups -OCH3 is 1. The summed E-state index contributed by atoms with van der Waals surface area (Å²) < 4.78 is 27.8. The zero-order chi connectivity index (χ0) is 34.0. The van der Waals surface area contributed by atoms with Gasteiger partial charge in [-0.2, -0.15) is 0 Å². The molecule has 0 aromatic carbocycles. The van der Waals surface area contributed by atoms with E-state index in [1.165, 1.54) is 7.11 Å². The van der Waals surface area contributed by atoms with Crippen LogP contribution >= 0.6 is 0 Å². The van der Waals surface area contributed by atoms with Crippen LogP contribution in [0.2, 0.25) is 0 Å². The zero-order valence-corrected chi connectivity index (χ0v) is 25.4. The van der Waals surface area contributed by atoms with Gasteiger partial charge in [0, 0.05) is 7.11 Å². The molecule has 0 spiro atoms. The third-order valence-corrected chi connectivity index (χ3v) is 9.72. The van der Waals surface area contributed by atoms with Crippen LogP contribution in [0, 0.1) is 0 Å². The van der Waals surface area contributed by atoms with Gasteiger partial charge in [-0.3, -0.25) is 0 Å². The smallest absolute Gasteiger partial charge is 0.186 e. The molecule has 0 bridgehead atoms. The minimum Gasteiger partial charge on any atom is -0.394 e. The number of hydrogen-bond donors (Lipinski definition) is 13. The minimum atomic E-state index is -1.64. The Bertz CT molecular complexity index is 857. The molecule has 20 atom stereocenters. The monoisotopic (exact) mass is 674 g/mol. The van der Waals surface area contributed by atoms with Crippen molar-refractivity contribution in [2.75, 3.05) is 13.7 Å². The largest absolute Gasteiger partial charge is 0.394 e. The van der Waals surface area contributed by atoms with Crippen LogP contribution in [0.1, 0.15) is 38.5 Å². The lowest BCUT2D eigenvalue weighted by Gasteiger charge is -2.44. The lowest BCUT2D eigenvalue weighted by atomic mass is 9.86. The van der Waals surface area contributed by atoms with Crippen LogP contribution in [0.5, 0.6) is 0 Å². The van der Waals surface area contributed by atoms with E-state index in [4.69, 9.17) is 23.7 Å². The molecule has 0 aromatic heterocycles. The highest BCUT2D eigenvalue weighted by Gasteiger charge is 2.49. The van der Waals surface area contributed by atoms with Crippen molar-refractivity contribution in [1.29, 1.82) is 0 Å². The van der Waals surface area contributed by atoms with Crippen molar-refractivity contribution in [3.63, 3.8) is 0 Å². The van der Waals surface area contributed by atoms with Crippen molar-refractivity contribution in [1.82, 2.24) is 0 Å². The van der Waals surface area contributed by atoms with Gasteiger partial charge in [-0.1, -0.05) is 0 Å². The van der Waals surface area contributed by atoms with Gasteiger partial charge in [0.25, 0.3) is 0 Å². The fourth-order valence-electron chi connectivity index (χ4n) is 6.76. The predicted molar refractivity (Wildman–Crippen MR) is 149 cm³/mol. The molecule has 0 saturated carbocycles. The molecule has 4 rings (SSSR count). The summed E-state index contributed by atoms with van der Waals surface area (Å²) in [6, 6.07) is 0. The Kier molecular flexibility index (Phi) is 13.5. The quantitative estimate of drug-likeness (QED) is 0.0968. The lowest BCUT2D eigenvalue weighted by molar-refractivity contribution is -0.293. The SMILES string of the molecule is CO[C@H]1O[C@H](CC[C@@H]2O[C@H](CC[C@@H]3O[C@H](CC[C@@H]4O[C@H](CO)[C@@H](O)[C@H](O)[C@H]4O)[C@@H](O)[C@H](O)[C@H]3O)[C@@H](O)[C@H](O)[C@H]2O)[C@@H](O)[C@H](O)[C@H]1O. The van der Waals surface area contributed by atoms with E-state index in [1.54, 1.807) is 0 Å². The Morgan fingerprint density at radius 2 is 0.587 bits per heavy atom. The van der Waals surface area contributed by atoms with Gasteiger partial charge in [0.15, 0.2) is 6.29 Å². The average molecular weight is 675 g/mol. The number of rotatable bonds is 11. The van der Waals surface area contributed by atoms with E-state index in [1.807, 2.05) is 0 Å². The topological polar surface area (TPSA) is 309 Å². The first-order valence-electron chi connectivity index (χ1n) is 15.6. The van der Waals surface area contributed by atoms with Gasteiger partial charge in [-0.25, -0.2) is 0 Å². The standard InChI is InChI=1S/C28H50O18/c1-42-28-27(41)26(40)21(35)14(46-28)7-6-12-19(33)24(38)17(31)10(44-12)3-2-9-16(30)23(37)18(32)11(43-9)4-5-13-20(34)25(39)22(36)15(8-29)45-13/h9-41H,2-8H2,1H3/t9-,10+,11+,12-,13-,14+,15+,16-,17+,18+,19-,20-,21+,22+,23+,24-,25+,26-,27+,28-/m0/s1. The van der Waals surface area contributed by atoms with Gasteiger partial charge >= 0.3 is 0 Å². The van der Waals surface area contributed by atoms with Crippen molar-refractivity contribution in [2.24, 2.45) is 0 Å². The molecule has 4 heterocycles. The van der Waals surface area contributed by atoms with Crippen LogP contribution in [-0.4, -0.2) is 202 Å². The zero-order valence-electron chi connectivity index (χ0n) is 25.4. The molecule has 18 nitrogen and oxygen atoms in total. The molecule has 18 heteroatoms. The van der Waals surface area contributed by atoms with E-state index in [0.717, 1.165) is 0 Å². The maximum Gasteiger partial charge on any atom is 0.186 e. The molecular formula is C28H50O18. The van der Waals surface area contributed by atoms with Crippen LogP contribution < -0.4 is 0 Å². The summed E-state index contributed by atoms with van der Waals surface area (Å²) in [6.07, 6.45) is -27.4. The predicted octanol–water partition coefficient (Wildman–Crippen LogP) is -6.68. The molecule has 4 aliphatic heterocycles. The number of aliphatic hydroxyl groups excluding tert-OH is 13. The second-order valence-corrected chi connectivity index (χ2v) is 12.7. The molecule has 0 aliphatic carbocycles. The van der Waals surface area contributed by atoms with E-state index in [2.05, 4.69) is 0 Å². The van der Waals surface area contributed by atoms with E-state index in [9.17, 15) is 66.4 Å². The Morgan fingerprint density at radius 1 is 0.348 bits per heavy atom. The fraction of sp³-hybridized carbons (Fsp3) is 1.00. The summed E-state index contributed by atoms with van der Waals surface area (Å²) in [5.41, 5.74) is 0. The van der Waals surface area contributed by atoms with E-state index in [0.29, 0.717) is 0 Å². The normalized spacial score (nSPS) is 52.0. The number of aliphatic hydroxyl groups is 13. The Morgan fingerprint density at radius 3 is 0.870 bits per heavy atom. The average Bonchev–Trinajstić information content (AvgIpc) is 3.05. The van der Waals surface area contributed by atoms with Crippen LogP contribution in [-0.2, 0) is 23.7 Å². The highest BCUT2D eigenvalue weighted by atomic mass is 16.7. The minimum absolute atomic E-state index is 0.00406. The van der Waals surface area contributed by atoms with Crippen molar-refractivity contribution >= 4 is 0 Å². The molecular weight excluding hydrogens is 624 g/mol. The van der Waals surface area contributed by atoms with E-state index in [-0.39, 0.29) is 38.5 Å². The molecule has 0 amide bonds. The first kappa shape index (κ1) is 38.1. The third kappa shape index (κ3) is 8.01. The van der Waals surface area contributed by atoms with Crippen molar-refractivity contribution < 1.29 is 90.1 Å². The van der Waals surface area contributed by atoms with Gasteiger partial charge in [0.1, 0.15) is 79.4 Å². The van der Waals surface area contributed by atoms with Crippen LogP contribution in [0.3, 0.4) is 0 Å². The first-order chi connectivity index (χ1) is 21.7.